The van der Waals surface area contributed by atoms with E-state index in [-0.39, 0.29) is 0 Å². The molecular weight excluding hydrogens is 216 g/mol. The molecule has 0 amide bonds. The van der Waals surface area contributed by atoms with Gasteiger partial charge in [0.2, 0.25) is 0 Å². The van der Waals surface area contributed by atoms with Crippen molar-refractivity contribution in [3.8, 4) is 0 Å². The van der Waals surface area contributed by atoms with Crippen LogP contribution >= 0.6 is 11.8 Å². The van der Waals surface area contributed by atoms with Gasteiger partial charge in [-0.05, 0) is 44.8 Å². The molecule has 2 unspecified atom stereocenters. The molecule has 16 heavy (non-hydrogen) atoms. The molecule has 0 saturated heterocycles. The second-order valence-corrected chi connectivity index (χ2v) is 5.23. The quantitative estimate of drug-likeness (QED) is 0.800. The first-order valence-electron chi connectivity index (χ1n) is 5.62. The maximum atomic E-state index is 5.81. The summed E-state index contributed by atoms with van der Waals surface area (Å²) in [6.45, 7) is 4.49. The molecule has 0 aromatic heterocycles. The minimum atomic E-state index is 0.408. The molecule has 0 radical (unpaired) electrons. The number of rotatable bonds is 5. The average Bonchev–Trinajstić information content (AvgIpc) is 2.27. The van der Waals surface area contributed by atoms with E-state index in [0.29, 0.717) is 12.1 Å². The summed E-state index contributed by atoms with van der Waals surface area (Å²) in [7, 11) is 2.18. The van der Waals surface area contributed by atoms with E-state index in [1.54, 1.807) is 0 Å². The van der Waals surface area contributed by atoms with Crippen LogP contribution in [-0.4, -0.2) is 30.0 Å². The maximum Gasteiger partial charge on any atom is 0.0320 e. The molecular formula is C13H22N2S. The van der Waals surface area contributed by atoms with Crippen molar-refractivity contribution >= 4 is 17.4 Å². The largest absolute Gasteiger partial charge is 0.399 e. The van der Waals surface area contributed by atoms with Crippen LogP contribution in [0.1, 0.15) is 25.5 Å². The summed E-state index contributed by atoms with van der Waals surface area (Å²) in [5.74, 6) is 1.16. The van der Waals surface area contributed by atoms with E-state index in [0.717, 1.165) is 11.4 Å². The molecule has 2 atom stereocenters. The van der Waals surface area contributed by atoms with Gasteiger partial charge in [-0.2, -0.15) is 11.8 Å². The molecule has 1 aromatic rings. The number of benzene rings is 1. The Kier molecular flexibility index (Phi) is 5.16. The normalized spacial score (nSPS) is 15.1. The molecule has 1 aromatic carbocycles. The Morgan fingerprint density at radius 3 is 2.62 bits per heavy atom. The number of thioether (sulfide) groups is 1. The van der Waals surface area contributed by atoms with Crippen LogP contribution in [0.15, 0.2) is 24.3 Å². The van der Waals surface area contributed by atoms with Gasteiger partial charge in [-0.25, -0.2) is 0 Å². The molecule has 0 saturated carbocycles. The Labute approximate surface area is 103 Å². The molecule has 0 heterocycles. The lowest BCUT2D eigenvalue weighted by molar-refractivity contribution is 0.213. The maximum absolute atomic E-state index is 5.81. The molecule has 0 fully saturated rings. The van der Waals surface area contributed by atoms with Gasteiger partial charge in [-0.15, -0.1) is 0 Å². The van der Waals surface area contributed by atoms with Gasteiger partial charge in [0.05, 0.1) is 0 Å². The Morgan fingerprint density at radius 1 is 1.38 bits per heavy atom. The predicted molar refractivity (Wildman–Crippen MR) is 74.9 cm³/mol. The van der Waals surface area contributed by atoms with E-state index in [1.807, 2.05) is 23.9 Å². The first kappa shape index (κ1) is 13.4. The van der Waals surface area contributed by atoms with Crippen molar-refractivity contribution in [1.29, 1.82) is 0 Å². The van der Waals surface area contributed by atoms with Crippen molar-refractivity contribution in [3.05, 3.63) is 29.8 Å². The number of nitrogens with two attached hydrogens (primary N) is 1. The SMILES string of the molecule is CSCC(C)N(C)C(C)c1cccc(N)c1. The van der Waals surface area contributed by atoms with Crippen LogP contribution < -0.4 is 5.73 Å². The van der Waals surface area contributed by atoms with Gasteiger partial charge in [0.25, 0.3) is 0 Å². The lowest BCUT2D eigenvalue weighted by Crippen LogP contribution is -2.33. The van der Waals surface area contributed by atoms with Crippen LogP contribution in [0.4, 0.5) is 5.69 Å². The zero-order chi connectivity index (χ0) is 12.1. The fraction of sp³-hybridized carbons (Fsp3) is 0.538. The third-order valence-corrected chi connectivity index (χ3v) is 3.92. The highest BCUT2D eigenvalue weighted by atomic mass is 32.2. The van der Waals surface area contributed by atoms with Crippen molar-refractivity contribution < 1.29 is 0 Å². The van der Waals surface area contributed by atoms with E-state index in [1.165, 1.54) is 5.56 Å². The first-order chi connectivity index (χ1) is 7.56. The van der Waals surface area contributed by atoms with Crippen LogP contribution in [0.2, 0.25) is 0 Å². The van der Waals surface area contributed by atoms with Gasteiger partial charge >= 0.3 is 0 Å². The standard InChI is InChI=1S/C13H22N2S/c1-10(9-16-4)15(3)11(2)12-6-5-7-13(14)8-12/h5-8,10-11H,9,14H2,1-4H3. The van der Waals surface area contributed by atoms with Crippen molar-refractivity contribution in [2.45, 2.75) is 25.9 Å². The molecule has 0 aliphatic rings. The summed E-state index contributed by atoms with van der Waals surface area (Å²) in [4.78, 5) is 2.39. The third kappa shape index (κ3) is 3.42. The lowest BCUT2D eigenvalue weighted by atomic mass is 10.1. The molecule has 3 heteroatoms. The molecule has 0 aliphatic heterocycles. The zero-order valence-corrected chi connectivity index (χ0v) is 11.4. The molecule has 2 nitrogen and oxygen atoms in total. The van der Waals surface area contributed by atoms with Gasteiger partial charge in [0.15, 0.2) is 0 Å². The minimum Gasteiger partial charge on any atom is -0.399 e. The first-order valence-corrected chi connectivity index (χ1v) is 7.02. The minimum absolute atomic E-state index is 0.408. The Hall–Kier alpha value is -0.670. The molecule has 1 rings (SSSR count). The van der Waals surface area contributed by atoms with Gasteiger partial charge < -0.3 is 5.73 Å². The van der Waals surface area contributed by atoms with E-state index < -0.39 is 0 Å². The van der Waals surface area contributed by atoms with Crippen molar-refractivity contribution in [1.82, 2.24) is 4.90 Å². The molecule has 0 spiro atoms. The van der Waals surface area contributed by atoms with E-state index in [4.69, 9.17) is 5.73 Å². The second kappa shape index (κ2) is 6.16. The lowest BCUT2D eigenvalue weighted by Gasteiger charge is -2.30. The van der Waals surface area contributed by atoms with Crippen LogP contribution in [0.3, 0.4) is 0 Å². The van der Waals surface area contributed by atoms with E-state index in [9.17, 15) is 0 Å². The number of hydrogen-bond donors (Lipinski definition) is 1. The highest BCUT2D eigenvalue weighted by Crippen LogP contribution is 2.23. The summed E-state index contributed by atoms with van der Waals surface area (Å²) in [6.07, 6.45) is 2.15. The van der Waals surface area contributed by atoms with E-state index in [2.05, 4.69) is 44.2 Å². The van der Waals surface area contributed by atoms with Gasteiger partial charge in [-0.1, -0.05) is 12.1 Å². The Morgan fingerprint density at radius 2 is 2.06 bits per heavy atom. The second-order valence-electron chi connectivity index (χ2n) is 4.32. The monoisotopic (exact) mass is 238 g/mol. The molecule has 0 aliphatic carbocycles. The predicted octanol–water partition coefficient (Wildman–Crippen LogP) is 3.01. The molecule has 0 bridgehead atoms. The van der Waals surface area contributed by atoms with Gasteiger partial charge in [-0.3, -0.25) is 4.90 Å². The van der Waals surface area contributed by atoms with Crippen LogP contribution in [0.25, 0.3) is 0 Å². The summed E-state index contributed by atoms with van der Waals surface area (Å²) in [5, 5.41) is 0. The van der Waals surface area contributed by atoms with Crippen molar-refractivity contribution in [2.75, 3.05) is 24.8 Å². The number of hydrogen-bond acceptors (Lipinski definition) is 3. The summed E-state index contributed by atoms with van der Waals surface area (Å²) >= 11 is 1.89. The van der Waals surface area contributed by atoms with Crippen LogP contribution in [0.5, 0.6) is 0 Å². The number of anilines is 1. The topological polar surface area (TPSA) is 29.3 Å². The fourth-order valence-corrected chi connectivity index (χ4v) is 2.51. The molecule has 90 valence electrons. The number of nitrogens with zero attached hydrogens (tertiary/aromatic N) is 1. The van der Waals surface area contributed by atoms with Gasteiger partial charge in [0.1, 0.15) is 0 Å². The average molecular weight is 238 g/mol. The highest BCUT2D eigenvalue weighted by molar-refractivity contribution is 7.98. The van der Waals surface area contributed by atoms with Gasteiger partial charge in [0, 0.05) is 23.5 Å². The Balaban J connectivity index is 2.73. The van der Waals surface area contributed by atoms with Crippen molar-refractivity contribution in [3.63, 3.8) is 0 Å². The number of nitrogen functional groups attached to an aromatic ring is 1. The zero-order valence-electron chi connectivity index (χ0n) is 10.6. The Bertz CT molecular complexity index is 327. The summed E-state index contributed by atoms with van der Waals surface area (Å²) < 4.78 is 0. The smallest absolute Gasteiger partial charge is 0.0320 e. The van der Waals surface area contributed by atoms with E-state index >= 15 is 0 Å². The van der Waals surface area contributed by atoms with Crippen molar-refractivity contribution in [2.24, 2.45) is 0 Å². The summed E-state index contributed by atoms with van der Waals surface area (Å²) in [5.41, 5.74) is 7.94. The summed E-state index contributed by atoms with van der Waals surface area (Å²) in [6, 6.07) is 9.14. The third-order valence-electron chi connectivity index (χ3n) is 3.11. The van der Waals surface area contributed by atoms with Crippen LogP contribution in [-0.2, 0) is 0 Å². The molecule has 2 N–H and O–H groups in total. The highest BCUT2D eigenvalue weighted by Gasteiger charge is 2.16. The fourth-order valence-electron chi connectivity index (χ4n) is 1.79. The van der Waals surface area contributed by atoms with Crippen LogP contribution in [0, 0.1) is 0 Å².